The van der Waals surface area contributed by atoms with Crippen molar-refractivity contribution in [1.82, 2.24) is 10.2 Å². The van der Waals surface area contributed by atoms with E-state index in [4.69, 9.17) is 0 Å². The van der Waals surface area contributed by atoms with Crippen LogP contribution in [-0.2, 0) is 17.8 Å². The standard InChI is InChI=1S/C19H19BrN2O2/c20-17-8-4-3-7-16(17)19(24)21-11-9-18(23)22-12-10-14-5-1-2-6-15(14)13-22/h1-8H,9-13H2,(H,21,24). The minimum Gasteiger partial charge on any atom is -0.351 e. The zero-order valence-corrected chi connectivity index (χ0v) is 14.9. The van der Waals surface area contributed by atoms with Crippen LogP contribution in [0.2, 0.25) is 0 Å². The maximum absolute atomic E-state index is 12.4. The average molecular weight is 387 g/mol. The molecule has 0 spiro atoms. The van der Waals surface area contributed by atoms with Crippen LogP contribution < -0.4 is 5.32 Å². The number of benzene rings is 2. The summed E-state index contributed by atoms with van der Waals surface area (Å²) in [5, 5.41) is 2.81. The lowest BCUT2D eigenvalue weighted by Gasteiger charge is -2.29. The van der Waals surface area contributed by atoms with Crippen LogP contribution in [0.5, 0.6) is 0 Å². The van der Waals surface area contributed by atoms with Gasteiger partial charge in [-0.25, -0.2) is 0 Å². The van der Waals surface area contributed by atoms with E-state index in [-0.39, 0.29) is 11.8 Å². The Morgan fingerprint density at radius 1 is 1.04 bits per heavy atom. The third kappa shape index (κ3) is 3.85. The van der Waals surface area contributed by atoms with E-state index in [2.05, 4.69) is 33.4 Å². The van der Waals surface area contributed by atoms with Gasteiger partial charge >= 0.3 is 0 Å². The molecule has 0 unspecified atom stereocenters. The maximum Gasteiger partial charge on any atom is 0.252 e. The van der Waals surface area contributed by atoms with Gasteiger partial charge in [-0.1, -0.05) is 36.4 Å². The van der Waals surface area contributed by atoms with E-state index in [1.165, 1.54) is 11.1 Å². The molecule has 4 nitrogen and oxygen atoms in total. The van der Waals surface area contributed by atoms with Gasteiger partial charge in [0.15, 0.2) is 0 Å². The molecule has 2 aromatic rings. The van der Waals surface area contributed by atoms with E-state index in [1.54, 1.807) is 6.07 Å². The Morgan fingerprint density at radius 2 is 1.75 bits per heavy atom. The van der Waals surface area contributed by atoms with Gasteiger partial charge in [-0.3, -0.25) is 9.59 Å². The van der Waals surface area contributed by atoms with Crippen LogP contribution in [0.4, 0.5) is 0 Å². The first-order valence-corrected chi connectivity index (χ1v) is 8.82. The van der Waals surface area contributed by atoms with E-state index in [0.717, 1.165) is 17.4 Å². The third-order valence-electron chi connectivity index (χ3n) is 4.23. The molecule has 2 amide bonds. The number of carbonyl (C=O) groups excluding carboxylic acids is 2. The number of carbonyl (C=O) groups is 2. The van der Waals surface area contributed by atoms with Crippen LogP contribution in [-0.4, -0.2) is 29.8 Å². The number of nitrogens with one attached hydrogen (secondary N) is 1. The monoisotopic (exact) mass is 386 g/mol. The fraction of sp³-hybridized carbons (Fsp3) is 0.263. The van der Waals surface area contributed by atoms with Crippen molar-refractivity contribution >= 4 is 27.7 Å². The Labute approximate surface area is 150 Å². The van der Waals surface area contributed by atoms with Crippen molar-refractivity contribution in [2.45, 2.75) is 19.4 Å². The molecule has 1 heterocycles. The smallest absolute Gasteiger partial charge is 0.252 e. The van der Waals surface area contributed by atoms with Crippen molar-refractivity contribution in [2.24, 2.45) is 0 Å². The maximum atomic E-state index is 12.4. The second-order valence-electron chi connectivity index (χ2n) is 5.82. The molecule has 0 bridgehead atoms. The molecule has 0 fully saturated rings. The highest BCUT2D eigenvalue weighted by Gasteiger charge is 2.20. The van der Waals surface area contributed by atoms with Gasteiger partial charge in [0.05, 0.1) is 5.56 Å². The largest absolute Gasteiger partial charge is 0.351 e. The molecule has 0 atom stereocenters. The predicted molar refractivity (Wildman–Crippen MR) is 96.7 cm³/mol. The first kappa shape index (κ1) is 16.7. The quantitative estimate of drug-likeness (QED) is 0.876. The Balaban J connectivity index is 1.50. The van der Waals surface area contributed by atoms with E-state index in [1.807, 2.05) is 35.2 Å². The number of hydrogen-bond acceptors (Lipinski definition) is 2. The second kappa shape index (κ2) is 7.62. The van der Waals surface area contributed by atoms with Gasteiger partial charge in [-0.15, -0.1) is 0 Å². The van der Waals surface area contributed by atoms with Crippen molar-refractivity contribution in [3.8, 4) is 0 Å². The van der Waals surface area contributed by atoms with Crippen molar-refractivity contribution in [2.75, 3.05) is 13.1 Å². The zero-order chi connectivity index (χ0) is 16.9. The van der Waals surface area contributed by atoms with Crippen LogP contribution in [0.3, 0.4) is 0 Å². The topological polar surface area (TPSA) is 49.4 Å². The van der Waals surface area contributed by atoms with Crippen molar-refractivity contribution in [1.29, 1.82) is 0 Å². The molecule has 124 valence electrons. The molecule has 3 rings (SSSR count). The van der Waals surface area contributed by atoms with Crippen LogP contribution in [0.1, 0.15) is 27.9 Å². The lowest BCUT2D eigenvalue weighted by molar-refractivity contribution is -0.131. The lowest BCUT2D eigenvalue weighted by Crippen LogP contribution is -2.38. The highest BCUT2D eigenvalue weighted by molar-refractivity contribution is 9.10. The first-order valence-electron chi connectivity index (χ1n) is 8.02. The van der Waals surface area contributed by atoms with Crippen molar-refractivity contribution < 1.29 is 9.59 Å². The van der Waals surface area contributed by atoms with E-state index in [9.17, 15) is 9.59 Å². The van der Waals surface area contributed by atoms with Gasteiger partial charge in [-0.2, -0.15) is 0 Å². The summed E-state index contributed by atoms with van der Waals surface area (Å²) in [5.41, 5.74) is 3.12. The third-order valence-corrected chi connectivity index (χ3v) is 4.92. The molecule has 2 aromatic carbocycles. The van der Waals surface area contributed by atoms with Crippen molar-refractivity contribution in [3.05, 3.63) is 69.7 Å². The molecule has 0 aliphatic carbocycles. The van der Waals surface area contributed by atoms with Crippen molar-refractivity contribution in [3.63, 3.8) is 0 Å². The second-order valence-corrected chi connectivity index (χ2v) is 6.67. The summed E-state index contributed by atoms with van der Waals surface area (Å²) in [5.74, 6) is -0.0869. The number of fused-ring (bicyclic) bond motifs is 1. The summed E-state index contributed by atoms with van der Waals surface area (Å²) < 4.78 is 0.751. The minimum absolute atomic E-state index is 0.0805. The summed E-state index contributed by atoms with van der Waals surface area (Å²) in [6, 6.07) is 15.5. The van der Waals surface area contributed by atoms with E-state index < -0.39 is 0 Å². The number of hydrogen-bond donors (Lipinski definition) is 1. The fourth-order valence-corrected chi connectivity index (χ4v) is 3.36. The Bertz CT molecular complexity index is 761. The van der Waals surface area contributed by atoms with Gasteiger partial charge in [0, 0.05) is 30.5 Å². The highest BCUT2D eigenvalue weighted by Crippen LogP contribution is 2.19. The SMILES string of the molecule is O=C(NCCC(=O)N1CCc2ccccc2C1)c1ccccc1Br. The molecular weight excluding hydrogens is 368 g/mol. The predicted octanol–water partition coefficient (Wildman–Crippen LogP) is 3.15. The summed E-state index contributed by atoms with van der Waals surface area (Å²) in [6.45, 7) is 1.75. The van der Waals surface area contributed by atoms with Gasteiger partial charge in [0.1, 0.15) is 0 Å². The van der Waals surface area contributed by atoms with Crippen LogP contribution >= 0.6 is 15.9 Å². The molecule has 0 saturated heterocycles. The van der Waals surface area contributed by atoms with Crippen LogP contribution in [0, 0.1) is 0 Å². The molecule has 1 N–H and O–H groups in total. The lowest BCUT2D eigenvalue weighted by atomic mass is 10.00. The molecular formula is C19H19BrN2O2. The molecule has 1 aliphatic heterocycles. The number of amides is 2. The number of halogens is 1. The van der Waals surface area contributed by atoms with Gasteiger partial charge < -0.3 is 10.2 Å². The Hall–Kier alpha value is -2.14. The Morgan fingerprint density at radius 3 is 2.54 bits per heavy atom. The normalized spacial score (nSPS) is 13.3. The molecule has 0 radical (unpaired) electrons. The zero-order valence-electron chi connectivity index (χ0n) is 13.3. The summed E-state index contributed by atoms with van der Waals surface area (Å²) in [6.07, 6.45) is 1.21. The Kier molecular flexibility index (Phi) is 5.30. The fourth-order valence-electron chi connectivity index (χ4n) is 2.89. The highest BCUT2D eigenvalue weighted by atomic mass is 79.9. The number of nitrogens with zero attached hydrogens (tertiary/aromatic N) is 1. The van der Waals surface area contributed by atoms with Crippen LogP contribution in [0.25, 0.3) is 0 Å². The molecule has 0 saturated carbocycles. The molecule has 1 aliphatic rings. The van der Waals surface area contributed by atoms with E-state index >= 15 is 0 Å². The number of rotatable bonds is 4. The minimum atomic E-state index is -0.167. The van der Waals surface area contributed by atoms with Gasteiger partial charge in [-0.05, 0) is 45.6 Å². The molecule has 5 heteroatoms. The molecule has 0 aromatic heterocycles. The first-order chi connectivity index (χ1) is 11.6. The van der Waals surface area contributed by atoms with Crippen LogP contribution in [0.15, 0.2) is 53.0 Å². The molecule has 24 heavy (non-hydrogen) atoms. The summed E-state index contributed by atoms with van der Waals surface area (Å²) >= 11 is 3.36. The summed E-state index contributed by atoms with van der Waals surface area (Å²) in [4.78, 5) is 26.3. The van der Waals surface area contributed by atoms with Gasteiger partial charge in [0.25, 0.3) is 5.91 Å². The van der Waals surface area contributed by atoms with E-state index in [0.29, 0.717) is 25.1 Å². The summed E-state index contributed by atoms with van der Waals surface area (Å²) in [7, 11) is 0. The average Bonchev–Trinajstić information content (AvgIpc) is 2.61. The van der Waals surface area contributed by atoms with Gasteiger partial charge in [0.2, 0.25) is 5.91 Å².